The highest BCUT2D eigenvalue weighted by atomic mass is 14.7. The fourth-order valence-electron chi connectivity index (χ4n) is 1.17. The molecule has 11 heavy (non-hydrogen) atoms. The molecule has 0 spiro atoms. The molecule has 1 heterocycles. The average Bonchev–Trinajstić information content (AvgIpc) is 2.46. The van der Waals surface area contributed by atoms with Crippen LogP contribution in [-0.2, 0) is 0 Å². The summed E-state index contributed by atoms with van der Waals surface area (Å²) < 4.78 is 0. The first-order chi connectivity index (χ1) is 5.40. The van der Waals surface area contributed by atoms with Gasteiger partial charge in [-0.1, -0.05) is 24.8 Å². The zero-order chi connectivity index (χ0) is 7.68. The van der Waals surface area contributed by atoms with Gasteiger partial charge in [0.15, 0.2) is 0 Å². The quantitative estimate of drug-likeness (QED) is 0.629. The molecule has 0 aliphatic rings. The first-order valence-electron chi connectivity index (χ1n) is 3.51. The lowest BCUT2D eigenvalue weighted by atomic mass is 10.2. The molecule has 0 fully saturated rings. The molecule has 0 amide bonds. The van der Waals surface area contributed by atoms with Crippen LogP contribution >= 0.6 is 0 Å². The Labute approximate surface area is 65.4 Å². The number of hydrogen-bond donors (Lipinski definition) is 1. The molecule has 0 saturated carbocycles. The number of rotatable bonds is 1. The molecular formula is C10H8N. The van der Waals surface area contributed by atoms with Crippen molar-refractivity contribution >= 4 is 10.9 Å². The summed E-state index contributed by atoms with van der Waals surface area (Å²) in [5.74, 6) is 0. The standard InChI is InChI=1S/C10H8N/c1-2-9-7-8-5-3-4-6-10(8)11-9/h3-7,11H,1H2. The molecule has 0 unspecified atom stereocenters. The van der Waals surface area contributed by atoms with Crippen molar-refractivity contribution in [2.45, 2.75) is 0 Å². The minimum absolute atomic E-state index is 0.950. The van der Waals surface area contributed by atoms with Gasteiger partial charge in [-0.15, -0.1) is 0 Å². The Morgan fingerprint density at radius 1 is 1.27 bits per heavy atom. The maximum atomic E-state index is 3.57. The maximum Gasteiger partial charge on any atom is 0.0465 e. The number of nitrogens with one attached hydrogen (secondary N) is 1. The van der Waals surface area contributed by atoms with E-state index in [0.717, 1.165) is 11.2 Å². The molecule has 53 valence electrons. The molecule has 0 aliphatic carbocycles. The molecule has 2 aromatic rings. The van der Waals surface area contributed by atoms with Gasteiger partial charge in [-0.2, -0.15) is 0 Å². The summed E-state index contributed by atoms with van der Waals surface area (Å²) in [5, 5.41) is 1.21. The molecule has 0 bridgehead atoms. The van der Waals surface area contributed by atoms with E-state index in [9.17, 15) is 0 Å². The molecule has 0 atom stereocenters. The van der Waals surface area contributed by atoms with E-state index < -0.39 is 0 Å². The molecule has 0 aliphatic heterocycles. The van der Waals surface area contributed by atoms with Gasteiger partial charge in [-0.3, -0.25) is 0 Å². The van der Waals surface area contributed by atoms with Crippen LogP contribution in [0.15, 0.2) is 36.9 Å². The molecule has 0 saturated heterocycles. The van der Waals surface area contributed by atoms with Crippen LogP contribution in [0.2, 0.25) is 0 Å². The van der Waals surface area contributed by atoms with Crippen molar-refractivity contribution in [1.82, 2.24) is 4.98 Å². The zero-order valence-corrected chi connectivity index (χ0v) is 6.09. The largest absolute Gasteiger partial charge is 0.355 e. The van der Waals surface area contributed by atoms with E-state index in [0.29, 0.717) is 0 Å². The molecule has 1 aromatic carbocycles. The van der Waals surface area contributed by atoms with Crippen LogP contribution in [0.5, 0.6) is 0 Å². The van der Waals surface area contributed by atoms with Gasteiger partial charge in [0, 0.05) is 16.6 Å². The van der Waals surface area contributed by atoms with Crippen molar-refractivity contribution in [2.75, 3.05) is 0 Å². The lowest BCUT2D eigenvalue weighted by Crippen LogP contribution is -1.67. The lowest BCUT2D eigenvalue weighted by molar-refractivity contribution is 1.38. The van der Waals surface area contributed by atoms with Gasteiger partial charge in [0.05, 0.1) is 0 Å². The molecule has 1 aromatic heterocycles. The minimum Gasteiger partial charge on any atom is -0.355 e. The van der Waals surface area contributed by atoms with Crippen LogP contribution in [0.4, 0.5) is 0 Å². The highest BCUT2D eigenvalue weighted by Gasteiger charge is 1.94. The van der Waals surface area contributed by atoms with E-state index in [2.05, 4.69) is 23.7 Å². The van der Waals surface area contributed by atoms with Crippen LogP contribution in [-0.4, -0.2) is 4.98 Å². The van der Waals surface area contributed by atoms with E-state index in [-0.39, 0.29) is 0 Å². The van der Waals surface area contributed by atoms with E-state index in [1.165, 1.54) is 5.39 Å². The second-order valence-electron chi connectivity index (χ2n) is 2.45. The first-order valence-corrected chi connectivity index (χ1v) is 3.51. The second kappa shape index (κ2) is 2.27. The van der Waals surface area contributed by atoms with Gasteiger partial charge in [0.1, 0.15) is 0 Å². The molecule has 1 N–H and O–H groups in total. The number of hydrogen-bond acceptors (Lipinski definition) is 0. The summed E-state index contributed by atoms with van der Waals surface area (Å²) in [6.45, 7) is 3.57. The fraction of sp³-hybridized carbons (Fsp3) is 0. The normalized spacial score (nSPS) is 10.2. The van der Waals surface area contributed by atoms with Crippen molar-refractivity contribution in [1.29, 1.82) is 0 Å². The van der Waals surface area contributed by atoms with E-state index in [1.54, 1.807) is 0 Å². The molecule has 1 heteroatoms. The number of benzene rings is 1. The van der Waals surface area contributed by atoms with Crippen LogP contribution in [0.3, 0.4) is 0 Å². The monoisotopic (exact) mass is 142 g/mol. The Balaban J connectivity index is 2.78. The second-order valence-corrected chi connectivity index (χ2v) is 2.45. The van der Waals surface area contributed by atoms with Gasteiger partial charge in [0.25, 0.3) is 0 Å². The van der Waals surface area contributed by atoms with Crippen LogP contribution in [0, 0.1) is 6.08 Å². The van der Waals surface area contributed by atoms with Crippen molar-refractivity contribution in [3.8, 4) is 0 Å². The maximum absolute atomic E-state index is 3.57. The van der Waals surface area contributed by atoms with Gasteiger partial charge < -0.3 is 4.98 Å². The molecule has 1 radical (unpaired) electrons. The fourth-order valence-corrected chi connectivity index (χ4v) is 1.17. The Morgan fingerprint density at radius 2 is 2.09 bits per heavy atom. The van der Waals surface area contributed by atoms with Gasteiger partial charge in [-0.25, -0.2) is 0 Å². The predicted octanol–water partition coefficient (Wildman–Crippen LogP) is 2.51. The zero-order valence-electron chi connectivity index (χ0n) is 6.09. The van der Waals surface area contributed by atoms with Gasteiger partial charge >= 0.3 is 0 Å². The third kappa shape index (κ3) is 0.944. The Kier molecular flexibility index (Phi) is 1.29. The Morgan fingerprint density at radius 3 is 2.82 bits per heavy atom. The van der Waals surface area contributed by atoms with Crippen LogP contribution in [0.25, 0.3) is 10.9 Å². The van der Waals surface area contributed by atoms with Gasteiger partial charge in [0.2, 0.25) is 0 Å². The third-order valence-electron chi connectivity index (χ3n) is 1.72. The molecule has 1 nitrogen and oxygen atoms in total. The Bertz CT molecular complexity index is 351. The van der Waals surface area contributed by atoms with Crippen molar-refractivity contribution in [2.24, 2.45) is 0 Å². The summed E-state index contributed by atoms with van der Waals surface area (Å²) in [6, 6.07) is 10.2. The Hall–Kier alpha value is -1.50. The summed E-state index contributed by atoms with van der Waals surface area (Å²) in [5.41, 5.74) is 2.09. The average molecular weight is 142 g/mol. The van der Waals surface area contributed by atoms with Crippen molar-refractivity contribution < 1.29 is 0 Å². The van der Waals surface area contributed by atoms with Crippen LogP contribution in [0.1, 0.15) is 5.69 Å². The summed E-state index contributed by atoms with van der Waals surface area (Å²) in [4.78, 5) is 3.17. The topological polar surface area (TPSA) is 15.8 Å². The van der Waals surface area contributed by atoms with E-state index in [1.807, 2.05) is 24.3 Å². The smallest absolute Gasteiger partial charge is 0.0465 e. The number of aromatic nitrogens is 1. The summed E-state index contributed by atoms with van der Waals surface area (Å²) in [6.07, 6.45) is 2.81. The number of fused-ring (bicyclic) bond motifs is 1. The summed E-state index contributed by atoms with van der Waals surface area (Å²) in [7, 11) is 0. The van der Waals surface area contributed by atoms with E-state index >= 15 is 0 Å². The first kappa shape index (κ1) is 6.23. The number of para-hydroxylation sites is 1. The van der Waals surface area contributed by atoms with Crippen molar-refractivity contribution in [3.63, 3.8) is 0 Å². The molecular weight excluding hydrogens is 134 g/mol. The van der Waals surface area contributed by atoms with Crippen LogP contribution < -0.4 is 0 Å². The highest BCUT2D eigenvalue weighted by Crippen LogP contribution is 2.13. The van der Waals surface area contributed by atoms with Crippen molar-refractivity contribution in [3.05, 3.63) is 48.7 Å². The summed E-state index contributed by atoms with van der Waals surface area (Å²) >= 11 is 0. The molecule has 2 rings (SSSR count). The highest BCUT2D eigenvalue weighted by molar-refractivity contribution is 5.80. The SMILES string of the molecule is C=[C]c1cc2ccccc2[nH]1. The number of H-pyrrole nitrogens is 1. The predicted molar refractivity (Wildman–Crippen MR) is 46.3 cm³/mol. The third-order valence-corrected chi connectivity index (χ3v) is 1.72. The van der Waals surface area contributed by atoms with Gasteiger partial charge in [-0.05, 0) is 18.2 Å². The van der Waals surface area contributed by atoms with E-state index in [4.69, 9.17) is 0 Å². The lowest BCUT2D eigenvalue weighted by Gasteiger charge is -1.83. The minimum atomic E-state index is 0.950. The number of aromatic amines is 1.